The molecule has 0 aliphatic carbocycles. The smallest absolute Gasteiger partial charge is 0.0761 e. The van der Waals surface area contributed by atoms with Crippen LogP contribution in [0.3, 0.4) is 0 Å². The Balaban J connectivity index is 2.41. The maximum atomic E-state index is 3.66. The second kappa shape index (κ2) is 7.36. The molecule has 0 aliphatic heterocycles. The van der Waals surface area contributed by atoms with Gasteiger partial charge in [-0.3, -0.25) is 0 Å². The minimum absolute atomic E-state index is 0.201. The maximum Gasteiger partial charge on any atom is 0.0761 e. The molecular formula is C14H14Br3NS. The third-order valence-corrected chi connectivity index (χ3v) is 5.92. The first-order valence-electron chi connectivity index (χ1n) is 6.06. The van der Waals surface area contributed by atoms with E-state index >= 15 is 0 Å². The van der Waals surface area contributed by atoms with E-state index in [0.717, 1.165) is 21.2 Å². The number of halogens is 3. The summed E-state index contributed by atoms with van der Waals surface area (Å²) in [6, 6.07) is 10.8. The van der Waals surface area contributed by atoms with Crippen LogP contribution in [0.15, 0.2) is 42.4 Å². The van der Waals surface area contributed by atoms with Crippen molar-refractivity contribution in [2.45, 2.75) is 19.4 Å². The zero-order valence-electron chi connectivity index (χ0n) is 10.4. The lowest BCUT2D eigenvalue weighted by Crippen LogP contribution is -2.23. The number of hydrogen-bond acceptors (Lipinski definition) is 2. The fourth-order valence-electron chi connectivity index (χ4n) is 1.94. The zero-order valence-corrected chi connectivity index (χ0v) is 16.0. The van der Waals surface area contributed by atoms with E-state index in [4.69, 9.17) is 0 Å². The van der Waals surface area contributed by atoms with Gasteiger partial charge in [0.15, 0.2) is 0 Å². The molecule has 0 saturated heterocycles. The standard InChI is InChI=1S/C14H14Br3NS/c1-2-7-18-13(9-5-3-4-6-11(9)15)10-8-12(16)19-14(10)17/h3-6,8,13,18H,2,7H2,1H3. The van der Waals surface area contributed by atoms with E-state index in [1.54, 1.807) is 11.3 Å². The van der Waals surface area contributed by atoms with Gasteiger partial charge in [0.05, 0.1) is 13.6 Å². The Kier molecular flexibility index (Phi) is 6.09. The predicted molar refractivity (Wildman–Crippen MR) is 94.0 cm³/mol. The van der Waals surface area contributed by atoms with Gasteiger partial charge in [-0.1, -0.05) is 41.1 Å². The van der Waals surface area contributed by atoms with Gasteiger partial charge in [0.2, 0.25) is 0 Å². The van der Waals surface area contributed by atoms with Crippen molar-refractivity contribution in [3.63, 3.8) is 0 Å². The van der Waals surface area contributed by atoms with Gasteiger partial charge >= 0.3 is 0 Å². The molecule has 1 aromatic heterocycles. The number of rotatable bonds is 5. The van der Waals surface area contributed by atoms with Crippen molar-refractivity contribution in [1.29, 1.82) is 0 Å². The van der Waals surface area contributed by atoms with E-state index < -0.39 is 0 Å². The third kappa shape index (κ3) is 3.91. The fourth-order valence-corrected chi connectivity index (χ4v) is 5.35. The summed E-state index contributed by atoms with van der Waals surface area (Å²) in [4.78, 5) is 0. The summed E-state index contributed by atoms with van der Waals surface area (Å²) in [6.45, 7) is 3.18. The highest BCUT2D eigenvalue weighted by Crippen LogP contribution is 2.39. The third-order valence-electron chi connectivity index (χ3n) is 2.81. The molecule has 102 valence electrons. The zero-order chi connectivity index (χ0) is 13.8. The van der Waals surface area contributed by atoms with Crippen LogP contribution in [0, 0.1) is 0 Å². The number of hydrogen-bond donors (Lipinski definition) is 1. The first-order valence-corrected chi connectivity index (χ1v) is 9.25. The Morgan fingerprint density at radius 1 is 1.16 bits per heavy atom. The molecular weight excluding hydrogens is 454 g/mol. The molecule has 1 atom stereocenters. The first kappa shape index (κ1) is 15.7. The summed E-state index contributed by atoms with van der Waals surface area (Å²) < 4.78 is 3.45. The minimum atomic E-state index is 0.201. The molecule has 0 fully saturated rings. The highest BCUT2D eigenvalue weighted by molar-refractivity contribution is 9.12. The molecule has 1 N–H and O–H groups in total. The average molecular weight is 468 g/mol. The van der Waals surface area contributed by atoms with Crippen molar-refractivity contribution in [3.8, 4) is 0 Å². The van der Waals surface area contributed by atoms with Gasteiger partial charge in [-0.25, -0.2) is 0 Å². The van der Waals surface area contributed by atoms with Crippen LogP contribution in [0.2, 0.25) is 0 Å². The van der Waals surface area contributed by atoms with Crippen molar-refractivity contribution in [3.05, 3.63) is 53.5 Å². The minimum Gasteiger partial charge on any atom is -0.306 e. The van der Waals surface area contributed by atoms with E-state index in [1.165, 1.54) is 14.9 Å². The molecule has 0 spiro atoms. The molecule has 2 rings (SSSR count). The van der Waals surface area contributed by atoms with E-state index in [0.29, 0.717) is 0 Å². The van der Waals surface area contributed by atoms with Gasteiger partial charge in [0, 0.05) is 4.47 Å². The Morgan fingerprint density at radius 3 is 2.47 bits per heavy atom. The molecule has 1 heterocycles. The lowest BCUT2D eigenvalue weighted by Gasteiger charge is -2.20. The molecule has 0 amide bonds. The van der Waals surface area contributed by atoms with Crippen molar-refractivity contribution < 1.29 is 0 Å². The van der Waals surface area contributed by atoms with Crippen LogP contribution >= 0.6 is 59.1 Å². The van der Waals surface area contributed by atoms with Crippen LogP contribution in [0.5, 0.6) is 0 Å². The number of nitrogens with one attached hydrogen (secondary N) is 1. The Labute approximate surface area is 143 Å². The summed E-state index contributed by atoms with van der Waals surface area (Å²) in [7, 11) is 0. The lowest BCUT2D eigenvalue weighted by molar-refractivity contribution is 0.597. The summed E-state index contributed by atoms with van der Waals surface area (Å²) in [5.41, 5.74) is 2.54. The largest absolute Gasteiger partial charge is 0.306 e. The Bertz CT molecular complexity index is 553. The SMILES string of the molecule is CCCNC(c1ccccc1Br)c1cc(Br)sc1Br. The Morgan fingerprint density at radius 2 is 1.89 bits per heavy atom. The van der Waals surface area contributed by atoms with Gasteiger partial charge in [0.1, 0.15) is 0 Å². The van der Waals surface area contributed by atoms with Crippen LogP contribution in [0.4, 0.5) is 0 Å². The summed E-state index contributed by atoms with van der Waals surface area (Å²) in [6.07, 6.45) is 1.11. The van der Waals surface area contributed by atoms with Crippen molar-refractivity contribution >= 4 is 59.1 Å². The van der Waals surface area contributed by atoms with Gasteiger partial charge in [-0.2, -0.15) is 0 Å². The molecule has 0 saturated carbocycles. The normalized spacial score (nSPS) is 12.6. The van der Waals surface area contributed by atoms with Crippen molar-refractivity contribution in [2.24, 2.45) is 0 Å². The molecule has 1 nitrogen and oxygen atoms in total. The molecule has 0 aliphatic rings. The second-order valence-electron chi connectivity index (χ2n) is 4.19. The molecule has 1 unspecified atom stereocenters. The summed E-state index contributed by atoms with van der Waals surface area (Å²) in [5, 5.41) is 3.62. The van der Waals surface area contributed by atoms with E-state index in [2.05, 4.69) is 84.3 Å². The second-order valence-corrected chi connectivity index (χ2v) is 8.79. The predicted octanol–water partition coefficient (Wildman–Crippen LogP) is 6.12. The number of thiophene rings is 1. The average Bonchev–Trinajstić information content (AvgIpc) is 2.71. The Hall–Kier alpha value is 0.320. The fraction of sp³-hybridized carbons (Fsp3) is 0.286. The van der Waals surface area contributed by atoms with Crippen molar-refractivity contribution in [2.75, 3.05) is 6.54 Å². The van der Waals surface area contributed by atoms with Crippen LogP contribution in [-0.2, 0) is 0 Å². The van der Waals surface area contributed by atoms with Crippen molar-refractivity contribution in [1.82, 2.24) is 5.32 Å². The van der Waals surface area contributed by atoms with Gasteiger partial charge in [-0.05, 0) is 68.1 Å². The molecule has 19 heavy (non-hydrogen) atoms. The van der Waals surface area contributed by atoms with Gasteiger partial charge in [0.25, 0.3) is 0 Å². The van der Waals surface area contributed by atoms with Crippen LogP contribution in [0.1, 0.15) is 30.5 Å². The topological polar surface area (TPSA) is 12.0 Å². The monoisotopic (exact) mass is 465 g/mol. The molecule has 0 radical (unpaired) electrons. The highest BCUT2D eigenvalue weighted by atomic mass is 79.9. The molecule has 5 heteroatoms. The van der Waals surface area contributed by atoms with Crippen LogP contribution in [-0.4, -0.2) is 6.54 Å². The quantitative estimate of drug-likeness (QED) is 0.558. The van der Waals surface area contributed by atoms with Crippen LogP contribution in [0.25, 0.3) is 0 Å². The van der Waals surface area contributed by atoms with Gasteiger partial charge < -0.3 is 5.32 Å². The van der Waals surface area contributed by atoms with E-state index in [1.807, 2.05) is 6.07 Å². The summed E-state index contributed by atoms with van der Waals surface area (Å²) in [5.74, 6) is 0. The maximum absolute atomic E-state index is 3.66. The van der Waals surface area contributed by atoms with E-state index in [9.17, 15) is 0 Å². The lowest BCUT2D eigenvalue weighted by atomic mass is 10.0. The number of benzene rings is 1. The molecule has 0 bridgehead atoms. The first-order chi connectivity index (χ1) is 9.13. The molecule has 2 aromatic rings. The summed E-state index contributed by atoms with van der Waals surface area (Å²) >= 11 is 12.6. The highest BCUT2D eigenvalue weighted by Gasteiger charge is 2.20. The van der Waals surface area contributed by atoms with Gasteiger partial charge in [-0.15, -0.1) is 11.3 Å². The van der Waals surface area contributed by atoms with E-state index in [-0.39, 0.29) is 6.04 Å². The van der Waals surface area contributed by atoms with Crippen LogP contribution < -0.4 is 5.32 Å². The molecule has 1 aromatic carbocycles.